The molecule has 0 aliphatic carbocycles. The van der Waals surface area contributed by atoms with Crippen LogP contribution in [0.15, 0.2) is 4.99 Å². The van der Waals surface area contributed by atoms with E-state index in [1.54, 1.807) is 18.7 Å². The molecule has 126 valence electrons. The van der Waals surface area contributed by atoms with Crippen molar-refractivity contribution in [3.05, 3.63) is 16.0 Å². The first-order valence-corrected chi connectivity index (χ1v) is 8.31. The average molecular weight is 340 g/mol. The fourth-order valence-corrected chi connectivity index (χ4v) is 3.37. The van der Waals surface area contributed by atoms with Gasteiger partial charge in [-0.1, -0.05) is 0 Å². The van der Waals surface area contributed by atoms with Crippen molar-refractivity contribution in [2.45, 2.75) is 33.9 Å². The molecule has 7 nitrogen and oxygen atoms in total. The van der Waals surface area contributed by atoms with Crippen molar-refractivity contribution in [2.24, 2.45) is 4.99 Å². The Kier molecular flexibility index (Phi) is 5.97. The smallest absolute Gasteiger partial charge is 0.410 e. The van der Waals surface area contributed by atoms with Gasteiger partial charge in [0.1, 0.15) is 10.6 Å². The molecule has 1 amide bonds. The van der Waals surface area contributed by atoms with Crippen molar-refractivity contribution in [1.82, 2.24) is 4.90 Å². The van der Waals surface area contributed by atoms with E-state index < -0.39 is 5.97 Å². The maximum absolute atomic E-state index is 12.3. The highest BCUT2D eigenvalue weighted by Crippen LogP contribution is 2.41. The molecule has 0 unspecified atom stereocenters. The Hall–Kier alpha value is -2.09. The quantitative estimate of drug-likeness (QED) is 0.452. The lowest BCUT2D eigenvalue weighted by molar-refractivity contribution is 0.0525. The Morgan fingerprint density at radius 3 is 2.57 bits per heavy atom. The standard InChI is InChI=1S/C15H20N2O5S/c1-4-20-9-16-13-12(14(18)21-5-2)10-7-17(8-11(10)23-13)15(19)22-6-3/h9H,4-8H2,1-3H3/b16-9+. The van der Waals surface area contributed by atoms with Crippen LogP contribution in [0.1, 0.15) is 41.6 Å². The summed E-state index contributed by atoms with van der Waals surface area (Å²) in [5.41, 5.74) is 1.19. The van der Waals surface area contributed by atoms with Gasteiger partial charge in [0.25, 0.3) is 0 Å². The molecule has 0 atom stereocenters. The number of carbonyl (C=O) groups is 2. The van der Waals surface area contributed by atoms with E-state index in [-0.39, 0.29) is 12.7 Å². The van der Waals surface area contributed by atoms with Crippen LogP contribution in [0.4, 0.5) is 9.80 Å². The largest absolute Gasteiger partial charge is 0.483 e. The molecule has 23 heavy (non-hydrogen) atoms. The minimum atomic E-state index is -0.431. The number of fused-ring (bicyclic) bond motifs is 1. The van der Waals surface area contributed by atoms with Crippen LogP contribution in [-0.2, 0) is 27.3 Å². The maximum atomic E-state index is 12.3. The number of amides is 1. The summed E-state index contributed by atoms with van der Waals surface area (Å²) in [5.74, 6) is -0.431. The van der Waals surface area contributed by atoms with Crippen LogP contribution in [0, 0.1) is 0 Å². The van der Waals surface area contributed by atoms with Gasteiger partial charge >= 0.3 is 12.1 Å². The normalized spacial score (nSPS) is 13.3. The molecule has 0 fully saturated rings. The first-order chi connectivity index (χ1) is 11.1. The Morgan fingerprint density at radius 2 is 1.91 bits per heavy atom. The molecule has 1 aliphatic rings. The Morgan fingerprint density at radius 1 is 1.17 bits per heavy atom. The van der Waals surface area contributed by atoms with Gasteiger partial charge < -0.3 is 14.2 Å². The molecule has 0 aromatic carbocycles. The van der Waals surface area contributed by atoms with Gasteiger partial charge in [0.05, 0.1) is 32.9 Å². The SMILES string of the molecule is CCO/C=N/c1sc2c(c1C(=O)OCC)CN(C(=O)OCC)C2. The molecule has 0 N–H and O–H groups in total. The highest BCUT2D eigenvalue weighted by molar-refractivity contribution is 7.16. The van der Waals surface area contributed by atoms with E-state index in [2.05, 4.69) is 4.99 Å². The molecule has 8 heteroatoms. The van der Waals surface area contributed by atoms with Gasteiger partial charge in [0.2, 0.25) is 0 Å². The fraction of sp³-hybridized carbons (Fsp3) is 0.533. The number of nitrogens with zero attached hydrogens (tertiary/aromatic N) is 2. The molecule has 1 aliphatic heterocycles. The van der Waals surface area contributed by atoms with Gasteiger partial charge in [-0.3, -0.25) is 4.90 Å². The Bertz CT molecular complexity index is 611. The third-order valence-electron chi connectivity index (χ3n) is 3.17. The van der Waals surface area contributed by atoms with E-state index in [1.807, 2.05) is 6.92 Å². The lowest BCUT2D eigenvalue weighted by Crippen LogP contribution is -2.26. The van der Waals surface area contributed by atoms with E-state index in [0.717, 1.165) is 10.4 Å². The zero-order valence-electron chi connectivity index (χ0n) is 13.5. The molecular formula is C15H20N2O5S. The molecule has 0 radical (unpaired) electrons. The van der Waals surface area contributed by atoms with Crippen LogP contribution in [0.3, 0.4) is 0 Å². The monoisotopic (exact) mass is 340 g/mol. The Labute approximate surface area is 138 Å². The minimum Gasteiger partial charge on any atom is -0.483 e. The van der Waals surface area contributed by atoms with Crippen molar-refractivity contribution >= 4 is 34.8 Å². The highest BCUT2D eigenvalue weighted by atomic mass is 32.1. The van der Waals surface area contributed by atoms with Crippen molar-refractivity contribution < 1.29 is 23.8 Å². The van der Waals surface area contributed by atoms with E-state index in [4.69, 9.17) is 14.2 Å². The lowest BCUT2D eigenvalue weighted by atomic mass is 10.1. The predicted molar refractivity (Wildman–Crippen MR) is 86.3 cm³/mol. The average Bonchev–Trinajstić information content (AvgIpc) is 3.05. The highest BCUT2D eigenvalue weighted by Gasteiger charge is 2.33. The van der Waals surface area contributed by atoms with Gasteiger partial charge in [0, 0.05) is 10.4 Å². The third-order valence-corrected chi connectivity index (χ3v) is 4.30. The van der Waals surface area contributed by atoms with Crippen LogP contribution in [0.5, 0.6) is 0 Å². The second kappa shape index (κ2) is 7.96. The summed E-state index contributed by atoms with van der Waals surface area (Å²) in [6.45, 7) is 7.19. The number of hydrogen-bond donors (Lipinski definition) is 0. The number of carbonyl (C=O) groups excluding carboxylic acids is 2. The van der Waals surface area contributed by atoms with Crippen LogP contribution in [0.2, 0.25) is 0 Å². The van der Waals surface area contributed by atoms with E-state index in [0.29, 0.717) is 36.9 Å². The van der Waals surface area contributed by atoms with Crippen molar-refractivity contribution in [3.8, 4) is 0 Å². The summed E-state index contributed by atoms with van der Waals surface area (Å²) in [7, 11) is 0. The summed E-state index contributed by atoms with van der Waals surface area (Å²) < 4.78 is 15.2. The zero-order chi connectivity index (χ0) is 16.8. The first-order valence-electron chi connectivity index (χ1n) is 7.49. The Balaban J connectivity index is 2.27. The number of esters is 1. The number of rotatable bonds is 6. The van der Waals surface area contributed by atoms with Gasteiger partial charge in [-0.25, -0.2) is 14.6 Å². The van der Waals surface area contributed by atoms with Gasteiger partial charge in [-0.05, 0) is 20.8 Å². The van der Waals surface area contributed by atoms with Crippen LogP contribution in [0.25, 0.3) is 0 Å². The number of hydrogen-bond acceptors (Lipinski definition) is 7. The minimum absolute atomic E-state index is 0.277. The van der Waals surface area contributed by atoms with Gasteiger partial charge in [-0.15, -0.1) is 11.3 Å². The molecule has 2 heterocycles. The van der Waals surface area contributed by atoms with Crippen molar-refractivity contribution in [3.63, 3.8) is 0 Å². The maximum Gasteiger partial charge on any atom is 0.410 e. The molecule has 0 saturated carbocycles. The fourth-order valence-electron chi connectivity index (χ4n) is 2.22. The van der Waals surface area contributed by atoms with Crippen molar-refractivity contribution in [1.29, 1.82) is 0 Å². The number of ether oxygens (including phenoxy) is 3. The predicted octanol–water partition coefficient (Wildman–Crippen LogP) is 3.09. The number of aliphatic imine (C=N–C) groups is 1. The molecule has 0 saturated heterocycles. The molecule has 0 bridgehead atoms. The first kappa shape index (κ1) is 17.3. The van der Waals surface area contributed by atoms with E-state index in [1.165, 1.54) is 17.7 Å². The van der Waals surface area contributed by atoms with Crippen LogP contribution >= 0.6 is 11.3 Å². The molecule has 2 rings (SSSR count). The molecular weight excluding hydrogens is 320 g/mol. The second-order valence-corrected chi connectivity index (χ2v) is 5.73. The summed E-state index contributed by atoms with van der Waals surface area (Å²) in [6, 6.07) is 0. The molecule has 1 aromatic rings. The van der Waals surface area contributed by atoms with Gasteiger partial charge in [-0.2, -0.15) is 0 Å². The summed E-state index contributed by atoms with van der Waals surface area (Å²) in [5, 5.41) is 0.547. The van der Waals surface area contributed by atoms with E-state index >= 15 is 0 Å². The lowest BCUT2D eigenvalue weighted by Gasteiger charge is -2.15. The van der Waals surface area contributed by atoms with E-state index in [9.17, 15) is 9.59 Å². The molecule has 1 aromatic heterocycles. The van der Waals surface area contributed by atoms with Crippen molar-refractivity contribution in [2.75, 3.05) is 19.8 Å². The molecule has 0 spiro atoms. The van der Waals surface area contributed by atoms with Crippen LogP contribution in [-0.4, -0.2) is 43.2 Å². The van der Waals surface area contributed by atoms with Crippen LogP contribution < -0.4 is 0 Å². The second-order valence-electron chi connectivity index (χ2n) is 4.65. The zero-order valence-corrected chi connectivity index (χ0v) is 14.3. The summed E-state index contributed by atoms with van der Waals surface area (Å²) >= 11 is 1.36. The third kappa shape index (κ3) is 3.82. The number of thiophene rings is 1. The topological polar surface area (TPSA) is 77.4 Å². The summed E-state index contributed by atoms with van der Waals surface area (Å²) in [6.07, 6.45) is 0.942. The van der Waals surface area contributed by atoms with Gasteiger partial charge in [0.15, 0.2) is 6.40 Å². The summed E-state index contributed by atoms with van der Waals surface area (Å²) in [4.78, 5) is 30.8.